The SMILES string of the molecule is CC(Cn1cccn1)NC(=O)Cn1[nH]c(=O)ccc1=O. The second kappa shape index (κ2) is 6.00. The van der Waals surface area contributed by atoms with E-state index >= 15 is 0 Å². The lowest BCUT2D eigenvalue weighted by atomic mass is 10.3. The Hall–Kier alpha value is -2.64. The van der Waals surface area contributed by atoms with Gasteiger partial charge >= 0.3 is 0 Å². The second-order valence-corrected chi connectivity index (χ2v) is 4.43. The van der Waals surface area contributed by atoms with Crippen LogP contribution in [0.3, 0.4) is 0 Å². The van der Waals surface area contributed by atoms with Gasteiger partial charge in [0.2, 0.25) is 5.91 Å². The molecule has 2 aromatic heterocycles. The van der Waals surface area contributed by atoms with Crippen molar-refractivity contribution in [3.63, 3.8) is 0 Å². The predicted octanol–water partition coefficient (Wildman–Crippen LogP) is -1.06. The first kappa shape index (κ1) is 13.8. The Labute approximate surface area is 114 Å². The fourth-order valence-electron chi connectivity index (χ4n) is 1.78. The van der Waals surface area contributed by atoms with Crippen LogP contribution < -0.4 is 16.4 Å². The van der Waals surface area contributed by atoms with Crippen molar-refractivity contribution in [3.8, 4) is 0 Å². The number of rotatable bonds is 5. The molecule has 1 atom stereocenters. The van der Waals surface area contributed by atoms with Crippen molar-refractivity contribution in [3.05, 3.63) is 51.3 Å². The summed E-state index contributed by atoms with van der Waals surface area (Å²) in [7, 11) is 0. The second-order valence-electron chi connectivity index (χ2n) is 4.43. The van der Waals surface area contributed by atoms with Gasteiger partial charge in [-0.15, -0.1) is 0 Å². The van der Waals surface area contributed by atoms with Gasteiger partial charge < -0.3 is 5.32 Å². The van der Waals surface area contributed by atoms with Gasteiger partial charge in [0.1, 0.15) is 6.54 Å². The zero-order valence-electron chi connectivity index (χ0n) is 10.9. The van der Waals surface area contributed by atoms with Crippen LogP contribution in [0.4, 0.5) is 0 Å². The zero-order chi connectivity index (χ0) is 14.5. The largest absolute Gasteiger partial charge is 0.350 e. The molecule has 0 saturated carbocycles. The molecule has 20 heavy (non-hydrogen) atoms. The fraction of sp³-hybridized carbons (Fsp3) is 0.333. The summed E-state index contributed by atoms with van der Waals surface area (Å²) in [6.07, 6.45) is 3.45. The molecular formula is C12H15N5O3. The number of H-pyrrole nitrogens is 1. The van der Waals surface area contributed by atoms with E-state index in [9.17, 15) is 14.4 Å². The highest BCUT2D eigenvalue weighted by molar-refractivity contribution is 5.75. The van der Waals surface area contributed by atoms with Crippen molar-refractivity contribution in [2.24, 2.45) is 0 Å². The van der Waals surface area contributed by atoms with E-state index in [2.05, 4.69) is 15.5 Å². The Morgan fingerprint density at radius 3 is 2.95 bits per heavy atom. The monoisotopic (exact) mass is 277 g/mol. The summed E-state index contributed by atoms with van der Waals surface area (Å²) < 4.78 is 2.67. The number of nitrogens with zero attached hydrogens (tertiary/aromatic N) is 3. The molecule has 0 spiro atoms. The Morgan fingerprint density at radius 1 is 1.45 bits per heavy atom. The first-order valence-electron chi connectivity index (χ1n) is 6.11. The van der Waals surface area contributed by atoms with Crippen LogP contribution in [0.2, 0.25) is 0 Å². The highest BCUT2D eigenvalue weighted by Gasteiger charge is 2.09. The minimum atomic E-state index is -0.431. The topological polar surface area (TPSA) is 102 Å². The molecule has 8 nitrogen and oxygen atoms in total. The van der Waals surface area contributed by atoms with Crippen LogP contribution in [0, 0.1) is 0 Å². The van der Waals surface area contributed by atoms with E-state index in [1.807, 2.05) is 6.92 Å². The maximum absolute atomic E-state index is 11.8. The number of aromatic amines is 1. The molecule has 0 aromatic carbocycles. The van der Waals surface area contributed by atoms with E-state index in [4.69, 9.17) is 0 Å². The fourth-order valence-corrected chi connectivity index (χ4v) is 1.78. The highest BCUT2D eigenvalue weighted by Crippen LogP contribution is 1.90. The van der Waals surface area contributed by atoms with Crippen LogP contribution in [-0.4, -0.2) is 31.5 Å². The van der Waals surface area contributed by atoms with E-state index in [0.29, 0.717) is 6.54 Å². The van der Waals surface area contributed by atoms with Crippen molar-refractivity contribution in [2.75, 3.05) is 0 Å². The number of nitrogens with one attached hydrogen (secondary N) is 2. The lowest BCUT2D eigenvalue weighted by molar-refractivity contribution is -0.122. The number of hydrogen-bond acceptors (Lipinski definition) is 4. The smallest absolute Gasteiger partial charge is 0.265 e. The average Bonchev–Trinajstić information content (AvgIpc) is 2.86. The quantitative estimate of drug-likeness (QED) is 0.727. The zero-order valence-corrected chi connectivity index (χ0v) is 10.9. The van der Waals surface area contributed by atoms with Gasteiger partial charge in [0.15, 0.2) is 0 Å². The van der Waals surface area contributed by atoms with Gasteiger partial charge in [-0.05, 0) is 13.0 Å². The van der Waals surface area contributed by atoms with E-state index < -0.39 is 11.1 Å². The summed E-state index contributed by atoms with van der Waals surface area (Å²) in [5.74, 6) is -0.353. The molecule has 0 radical (unpaired) electrons. The van der Waals surface area contributed by atoms with E-state index in [0.717, 1.165) is 16.8 Å². The van der Waals surface area contributed by atoms with E-state index in [1.54, 1.807) is 23.1 Å². The van der Waals surface area contributed by atoms with Gasteiger partial charge in [-0.3, -0.25) is 24.2 Å². The molecular weight excluding hydrogens is 262 g/mol. The Morgan fingerprint density at radius 2 is 2.25 bits per heavy atom. The van der Waals surface area contributed by atoms with Crippen LogP contribution in [-0.2, 0) is 17.9 Å². The minimum Gasteiger partial charge on any atom is -0.350 e. The van der Waals surface area contributed by atoms with Crippen LogP contribution in [0.25, 0.3) is 0 Å². The summed E-state index contributed by atoms with van der Waals surface area (Å²) in [6.45, 7) is 2.13. The molecule has 8 heteroatoms. The Balaban J connectivity index is 1.93. The standard InChI is InChI=1S/C12H15N5O3/c1-9(7-16-6-2-5-13-16)14-11(19)8-17-12(20)4-3-10(18)15-17/h2-6,9H,7-8H2,1H3,(H,14,19)(H,15,18). The molecule has 106 valence electrons. The lowest BCUT2D eigenvalue weighted by Gasteiger charge is -2.14. The maximum Gasteiger partial charge on any atom is 0.265 e. The van der Waals surface area contributed by atoms with Crippen LogP contribution in [0.1, 0.15) is 6.92 Å². The van der Waals surface area contributed by atoms with Crippen molar-refractivity contribution in [1.29, 1.82) is 0 Å². The highest BCUT2D eigenvalue weighted by atomic mass is 16.2. The van der Waals surface area contributed by atoms with Crippen molar-refractivity contribution < 1.29 is 4.79 Å². The molecule has 0 aliphatic heterocycles. The Bertz CT molecular complexity index is 686. The third kappa shape index (κ3) is 3.67. The molecule has 1 amide bonds. The van der Waals surface area contributed by atoms with Gasteiger partial charge in [-0.2, -0.15) is 5.10 Å². The maximum atomic E-state index is 11.8. The molecule has 2 rings (SSSR count). The summed E-state index contributed by atoms with van der Waals surface area (Å²) in [6, 6.07) is 3.90. The number of hydrogen-bond donors (Lipinski definition) is 2. The van der Waals surface area contributed by atoms with Gasteiger partial charge in [0, 0.05) is 30.6 Å². The van der Waals surface area contributed by atoms with Crippen molar-refractivity contribution >= 4 is 5.91 Å². The van der Waals surface area contributed by atoms with Gasteiger partial charge in [0.25, 0.3) is 11.1 Å². The summed E-state index contributed by atoms with van der Waals surface area (Å²) in [4.78, 5) is 34.3. The van der Waals surface area contributed by atoms with Gasteiger partial charge in [-0.25, -0.2) is 4.68 Å². The van der Waals surface area contributed by atoms with Gasteiger partial charge in [-0.1, -0.05) is 0 Å². The summed E-state index contributed by atoms with van der Waals surface area (Å²) in [5.41, 5.74) is -0.860. The Kier molecular flexibility index (Phi) is 4.14. The third-order valence-electron chi connectivity index (χ3n) is 2.62. The van der Waals surface area contributed by atoms with Crippen LogP contribution >= 0.6 is 0 Å². The third-order valence-corrected chi connectivity index (χ3v) is 2.62. The molecule has 0 fully saturated rings. The molecule has 2 aromatic rings. The molecule has 0 saturated heterocycles. The van der Waals surface area contributed by atoms with Gasteiger partial charge in [0.05, 0.1) is 6.54 Å². The average molecular weight is 277 g/mol. The van der Waals surface area contributed by atoms with Crippen molar-refractivity contribution in [1.82, 2.24) is 24.9 Å². The molecule has 2 N–H and O–H groups in total. The van der Waals surface area contributed by atoms with Crippen LogP contribution in [0.5, 0.6) is 0 Å². The molecule has 1 unspecified atom stereocenters. The van der Waals surface area contributed by atoms with Crippen LogP contribution in [0.15, 0.2) is 40.2 Å². The number of aromatic nitrogens is 4. The molecule has 0 aliphatic rings. The summed E-state index contributed by atoms with van der Waals surface area (Å²) >= 11 is 0. The number of carbonyl (C=O) groups excluding carboxylic acids is 1. The lowest BCUT2D eigenvalue weighted by Crippen LogP contribution is -2.41. The first-order chi connectivity index (χ1) is 9.54. The molecule has 2 heterocycles. The number of carbonyl (C=O) groups is 1. The number of amides is 1. The minimum absolute atomic E-state index is 0.145. The molecule has 0 aliphatic carbocycles. The first-order valence-corrected chi connectivity index (χ1v) is 6.11. The van der Waals surface area contributed by atoms with Crippen molar-refractivity contribution in [2.45, 2.75) is 26.1 Å². The predicted molar refractivity (Wildman–Crippen MR) is 71.2 cm³/mol. The molecule has 0 bridgehead atoms. The van der Waals surface area contributed by atoms with E-state index in [1.165, 1.54) is 0 Å². The summed E-state index contributed by atoms with van der Waals surface area (Å²) in [5, 5.41) is 9.06. The van der Waals surface area contributed by atoms with E-state index in [-0.39, 0.29) is 18.5 Å². The normalized spacial score (nSPS) is 12.1.